The van der Waals surface area contributed by atoms with Crippen LogP contribution in [0, 0.1) is 0 Å². The minimum Gasteiger partial charge on any atom is -0.308 e. The number of carbonyl (C=O) groups excluding carboxylic acids is 1. The van der Waals surface area contributed by atoms with Crippen molar-refractivity contribution in [2.45, 2.75) is 0 Å². The zero-order chi connectivity index (χ0) is 9.40. The van der Waals surface area contributed by atoms with E-state index < -0.39 is 4.45 Å². The lowest BCUT2D eigenvalue weighted by atomic mass is 10.5. The van der Waals surface area contributed by atoms with E-state index in [0.29, 0.717) is 5.82 Å². The molecule has 66 valence electrons. The highest BCUT2D eigenvalue weighted by molar-refractivity contribution is 8.23. The molecule has 1 rings (SSSR count). The van der Waals surface area contributed by atoms with Crippen LogP contribution in [-0.4, -0.2) is 9.43 Å². The number of anilines is 1. The number of nitrogens with one attached hydrogen (secondary N) is 1. The summed E-state index contributed by atoms with van der Waals surface area (Å²) in [6.07, 6.45) is 1.68. The van der Waals surface area contributed by atoms with Crippen LogP contribution in [0.3, 0.4) is 0 Å². The van der Waals surface area contributed by atoms with Gasteiger partial charge >= 0.3 is 0 Å². The molecule has 0 unspecified atom stereocenters. The third-order valence-electron chi connectivity index (χ3n) is 0.813. The van der Waals surface area contributed by atoms with Gasteiger partial charge in [-0.3, -0.25) is 4.79 Å². The fourth-order valence-corrected chi connectivity index (χ4v) is 0.448. The number of thiol groups is 2. The van der Waals surface area contributed by atoms with Gasteiger partial charge in [-0.1, -0.05) is 31.3 Å². The second kappa shape index (κ2) is 6.96. The van der Waals surface area contributed by atoms with Gasteiger partial charge in [0.15, 0.2) is 0 Å². The summed E-state index contributed by atoms with van der Waals surface area (Å²) in [4.78, 5) is 13.0. The largest absolute Gasteiger partial charge is 0.308 e. The molecule has 4 nitrogen and oxygen atoms in total. The minimum absolute atomic E-state index is 0.444. The van der Waals surface area contributed by atoms with Gasteiger partial charge in [-0.2, -0.15) is 0 Å². The normalized spacial score (nSPS) is 7.92. The zero-order valence-corrected chi connectivity index (χ0v) is 7.93. The molecule has 1 aromatic heterocycles. The Kier molecular flexibility index (Phi) is 6.54. The SMILES string of the molecule is NNc1ccccn1.O=C(S)S. The number of pyridine rings is 1. The van der Waals surface area contributed by atoms with Crippen molar-refractivity contribution < 1.29 is 4.79 Å². The number of carbonyl (C=O) groups is 1. The number of nitrogen functional groups attached to an aromatic ring is 1. The lowest BCUT2D eigenvalue weighted by Crippen LogP contribution is -2.07. The fraction of sp³-hybridized carbons (Fsp3) is 0. The Morgan fingerprint density at radius 3 is 2.33 bits per heavy atom. The van der Waals surface area contributed by atoms with Crippen LogP contribution in [0.5, 0.6) is 0 Å². The summed E-state index contributed by atoms with van der Waals surface area (Å²) in [6, 6.07) is 5.49. The average molecular weight is 203 g/mol. The smallest absolute Gasteiger partial charge is 0.239 e. The van der Waals surface area contributed by atoms with Gasteiger partial charge in [0.2, 0.25) is 4.45 Å². The molecule has 12 heavy (non-hydrogen) atoms. The molecule has 0 aliphatic carbocycles. The number of hydrogen-bond donors (Lipinski definition) is 4. The number of nitrogens with two attached hydrogens (primary N) is 1. The summed E-state index contributed by atoms with van der Waals surface area (Å²) < 4.78 is -0.444. The van der Waals surface area contributed by atoms with E-state index in [-0.39, 0.29) is 0 Å². The summed E-state index contributed by atoms with van der Waals surface area (Å²) in [7, 11) is 0. The van der Waals surface area contributed by atoms with Gasteiger partial charge in [-0.25, -0.2) is 10.8 Å². The maximum absolute atomic E-state index is 9.17. The van der Waals surface area contributed by atoms with Gasteiger partial charge in [0.25, 0.3) is 0 Å². The number of nitrogens with zero attached hydrogens (tertiary/aromatic N) is 1. The standard InChI is InChI=1S/C5H7N3.CH2OS2/c6-8-5-3-1-2-4-7-5;2-1(3)4/h1-4H,6H2,(H,7,8);(H2,2,3,4). The van der Waals surface area contributed by atoms with Crippen molar-refractivity contribution in [3.05, 3.63) is 24.4 Å². The Hall–Kier alpha value is -0.720. The third kappa shape index (κ3) is 7.39. The van der Waals surface area contributed by atoms with Gasteiger partial charge in [-0.15, -0.1) is 0 Å². The molecule has 3 N–H and O–H groups in total. The number of rotatable bonds is 1. The first-order valence-electron chi connectivity index (χ1n) is 2.96. The Bertz CT molecular complexity index is 225. The molecule has 0 fully saturated rings. The van der Waals surface area contributed by atoms with Crippen molar-refractivity contribution in [3.8, 4) is 0 Å². The molecule has 0 aromatic carbocycles. The van der Waals surface area contributed by atoms with E-state index in [1.807, 2.05) is 12.1 Å². The maximum Gasteiger partial charge on any atom is 0.239 e. The predicted molar refractivity (Wildman–Crippen MR) is 55.4 cm³/mol. The van der Waals surface area contributed by atoms with Gasteiger partial charge in [0.1, 0.15) is 5.82 Å². The molecule has 0 saturated carbocycles. The van der Waals surface area contributed by atoms with E-state index in [1.54, 1.807) is 12.3 Å². The summed E-state index contributed by atoms with van der Waals surface area (Å²) in [5, 5.41) is 0. The molecule has 0 atom stereocenters. The van der Waals surface area contributed by atoms with Crippen LogP contribution < -0.4 is 11.3 Å². The number of aromatic nitrogens is 1. The van der Waals surface area contributed by atoms with E-state index in [4.69, 9.17) is 5.84 Å². The fourth-order valence-electron chi connectivity index (χ4n) is 0.448. The van der Waals surface area contributed by atoms with Crippen LogP contribution in [0.2, 0.25) is 0 Å². The van der Waals surface area contributed by atoms with E-state index >= 15 is 0 Å². The number of hydrogen-bond acceptors (Lipinski definition) is 4. The molecule has 1 heterocycles. The van der Waals surface area contributed by atoms with Crippen LogP contribution in [-0.2, 0) is 0 Å². The Balaban J connectivity index is 0.000000261. The Morgan fingerprint density at radius 1 is 1.50 bits per heavy atom. The first-order chi connectivity index (χ1) is 5.66. The molecule has 6 heteroatoms. The number of hydrazine groups is 1. The summed E-state index contributed by atoms with van der Waals surface area (Å²) >= 11 is 6.38. The van der Waals surface area contributed by atoms with Gasteiger partial charge in [0, 0.05) is 6.20 Å². The monoisotopic (exact) mass is 203 g/mol. The molecular formula is C6H9N3OS2. The highest BCUT2D eigenvalue weighted by atomic mass is 32.2. The van der Waals surface area contributed by atoms with Crippen LogP contribution in [0.25, 0.3) is 0 Å². The van der Waals surface area contributed by atoms with Gasteiger partial charge in [-0.05, 0) is 12.1 Å². The molecule has 0 saturated heterocycles. The van der Waals surface area contributed by atoms with Crippen molar-refractivity contribution in [1.82, 2.24) is 4.98 Å². The van der Waals surface area contributed by atoms with Crippen LogP contribution in [0.4, 0.5) is 10.6 Å². The molecule has 0 aliphatic rings. The summed E-state index contributed by atoms with van der Waals surface area (Å²) in [5.41, 5.74) is 2.42. The minimum atomic E-state index is -0.444. The third-order valence-corrected chi connectivity index (χ3v) is 0.813. The predicted octanol–water partition coefficient (Wildman–Crippen LogP) is 1.33. The molecule has 0 bridgehead atoms. The van der Waals surface area contributed by atoms with E-state index in [1.165, 1.54) is 0 Å². The zero-order valence-electron chi connectivity index (χ0n) is 6.14. The lowest BCUT2D eigenvalue weighted by Gasteiger charge is -1.92. The van der Waals surface area contributed by atoms with Crippen molar-refractivity contribution >= 4 is 35.5 Å². The van der Waals surface area contributed by atoms with Crippen LogP contribution >= 0.6 is 25.3 Å². The summed E-state index contributed by atoms with van der Waals surface area (Å²) in [6.45, 7) is 0. The summed E-state index contributed by atoms with van der Waals surface area (Å²) in [5.74, 6) is 5.72. The van der Waals surface area contributed by atoms with E-state index in [2.05, 4.69) is 35.7 Å². The molecule has 0 radical (unpaired) electrons. The first kappa shape index (κ1) is 11.3. The van der Waals surface area contributed by atoms with Crippen LogP contribution in [0.15, 0.2) is 24.4 Å². The van der Waals surface area contributed by atoms with Crippen LogP contribution in [0.1, 0.15) is 0 Å². The first-order valence-corrected chi connectivity index (χ1v) is 3.85. The Labute approximate surface area is 81.4 Å². The van der Waals surface area contributed by atoms with Crippen molar-refractivity contribution in [3.63, 3.8) is 0 Å². The Morgan fingerprint density at radius 2 is 2.08 bits per heavy atom. The molecular weight excluding hydrogens is 194 g/mol. The molecule has 0 amide bonds. The quantitative estimate of drug-likeness (QED) is 0.316. The lowest BCUT2D eigenvalue weighted by molar-refractivity contribution is 0.277. The van der Waals surface area contributed by atoms with E-state index in [0.717, 1.165) is 0 Å². The topological polar surface area (TPSA) is 68.0 Å². The maximum atomic E-state index is 9.17. The molecule has 1 aromatic rings. The second-order valence-electron chi connectivity index (χ2n) is 1.64. The molecule has 0 spiro atoms. The molecule has 0 aliphatic heterocycles. The van der Waals surface area contributed by atoms with Crippen molar-refractivity contribution in [2.75, 3.05) is 5.43 Å². The van der Waals surface area contributed by atoms with Gasteiger partial charge < -0.3 is 5.43 Å². The highest BCUT2D eigenvalue weighted by Gasteiger charge is 1.80. The average Bonchev–Trinajstić information content (AvgIpc) is 2.05. The van der Waals surface area contributed by atoms with Gasteiger partial charge in [0.05, 0.1) is 0 Å². The van der Waals surface area contributed by atoms with E-state index in [9.17, 15) is 4.79 Å². The van der Waals surface area contributed by atoms with Crippen molar-refractivity contribution in [1.29, 1.82) is 0 Å². The highest BCUT2D eigenvalue weighted by Crippen LogP contribution is 1.94. The van der Waals surface area contributed by atoms with Crippen molar-refractivity contribution in [2.24, 2.45) is 5.84 Å². The second-order valence-corrected chi connectivity index (χ2v) is 2.81.